The molecule has 1 aromatic carbocycles. The van der Waals surface area contributed by atoms with Crippen LogP contribution in [0, 0.1) is 0 Å². The van der Waals surface area contributed by atoms with Crippen LogP contribution < -0.4 is 5.32 Å². The quantitative estimate of drug-likeness (QED) is 0.846. The summed E-state index contributed by atoms with van der Waals surface area (Å²) >= 11 is 0. The van der Waals surface area contributed by atoms with E-state index in [9.17, 15) is 9.59 Å². The van der Waals surface area contributed by atoms with E-state index in [0.717, 1.165) is 10.6 Å². The Labute approximate surface area is 131 Å². The lowest BCUT2D eigenvalue weighted by atomic mass is 10.1. The first-order valence-electron chi connectivity index (χ1n) is 7.08. The van der Waals surface area contributed by atoms with E-state index in [-0.39, 0.29) is 5.91 Å². The van der Waals surface area contributed by atoms with Crippen molar-refractivity contribution in [2.45, 2.75) is 38.8 Å². The van der Waals surface area contributed by atoms with Crippen molar-refractivity contribution in [3.8, 4) is 0 Å². The van der Waals surface area contributed by atoms with Gasteiger partial charge in [-0.1, -0.05) is 30.3 Å². The molecule has 2 amide bonds. The Morgan fingerprint density at radius 3 is 2.32 bits per heavy atom. The fourth-order valence-electron chi connectivity index (χ4n) is 1.81. The summed E-state index contributed by atoms with van der Waals surface area (Å²) in [6, 6.07) is 8.67. The zero-order valence-electron chi connectivity index (χ0n) is 13.8. The summed E-state index contributed by atoms with van der Waals surface area (Å²) in [4.78, 5) is 29.1. The Hall–Kier alpha value is -2.08. The van der Waals surface area contributed by atoms with Gasteiger partial charge in [0.05, 0.1) is 7.11 Å². The maximum Gasteiger partial charge on any atom is 0.408 e. The van der Waals surface area contributed by atoms with Crippen LogP contribution in [-0.2, 0) is 20.8 Å². The van der Waals surface area contributed by atoms with Crippen LogP contribution in [0.25, 0.3) is 0 Å². The number of nitrogens with one attached hydrogen (secondary N) is 1. The number of nitrogens with zero attached hydrogens (tertiary/aromatic N) is 1. The zero-order chi connectivity index (χ0) is 16.8. The number of benzene rings is 1. The molecule has 0 heterocycles. The number of amides is 2. The standard InChI is InChI=1S/C16H24N2O4/c1-16(2,3)22-15(20)17-13(14(19)18(4)21-5)11-12-9-7-6-8-10-12/h6-10,13H,11H2,1-5H3,(H,17,20)/t13-/m1/s1. The number of carbonyl (C=O) groups excluding carboxylic acids is 2. The number of likely N-dealkylation sites (N-methyl/N-ethyl adjacent to an activating group) is 1. The Balaban J connectivity index is 2.82. The van der Waals surface area contributed by atoms with E-state index in [0.29, 0.717) is 6.42 Å². The third kappa shape index (κ3) is 6.13. The maximum atomic E-state index is 12.3. The molecule has 0 aliphatic carbocycles. The van der Waals surface area contributed by atoms with E-state index in [1.165, 1.54) is 14.2 Å². The fourth-order valence-corrected chi connectivity index (χ4v) is 1.81. The first-order chi connectivity index (χ1) is 10.2. The number of hydrogen-bond donors (Lipinski definition) is 1. The molecule has 1 N–H and O–H groups in total. The van der Waals surface area contributed by atoms with Gasteiger partial charge in [-0.05, 0) is 26.3 Å². The van der Waals surface area contributed by atoms with Crippen LogP contribution in [-0.4, -0.2) is 42.9 Å². The van der Waals surface area contributed by atoms with Gasteiger partial charge in [0.15, 0.2) is 0 Å². The number of rotatable bonds is 5. The second-order valence-electron chi connectivity index (χ2n) is 5.91. The molecule has 0 bridgehead atoms. The highest BCUT2D eigenvalue weighted by atomic mass is 16.7. The normalized spacial score (nSPS) is 12.4. The van der Waals surface area contributed by atoms with Crippen molar-refractivity contribution in [3.63, 3.8) is 0 Å². The van der Waals surface area contributed by atoms with Gasteiger partial charge < -0.3 is 10.1 Å². The van der Waals surface area contributed by atoms with Crippen LogP contribution in [0.2, 0.25) is 0 Å². The summed E-state index contributed by atoms with van der Waals surface area (Å²) in [5.41, 5.74) is 0.304. The highest BCUT2D eigenvalue weighted by Crippen LogP contribution is 2.09. The van der Waals surface area contributed by atoms with Crippen molar-refractivity contribution in [2.24, 2.45) is 0 Å². The van der Waals surface area contributed by atoms with E-state index in [1.807, 2.05) is 30.3 Å². The van der Waals surface area contributed by atoms with Gasteiger partial charge in [-0.2, -0.15) is 0 Å². The van der Waals surface area contributed by atoms with E-state index in [4.69, 9.17) is 9.57 Å². The fraction of sp³-hybridized carbons (Fsp3) is 0.500. The molecule has 0 aromatic heterocycles. The van der Waals surface area contributed by atoms with E-state index < -0.39 is 17.7 Å². The smallest absolute Gasteiger partial charge is 0.408 e. The minimum absolute atomic E-state index is 0.350. The van der Waals surface area contributed by atoms with Gasteiger partial charge in [0.2, 0.25) is 0 Å². The predicted octanol–water partition coefficient (Wildman–Crippen LogP) is 2.14. The van der Waals surface area contributed by atoms with Crippen molar-refractivity contribution in [3.05, 3.63) is 35.9 Å². The number of alkyl carbamates (subject to hydrolysis) is 1. The SMILES string of the molecule is CON(C)C(=O)[C@@H](Cc1ccccc1)NC(=O)OC(C)(C)C. The van der Waals surface area contributed by atoms with Crippen molar-refractivity contribution in [1.82, 2.24) is 10.4 Å². The number of ether oxygens (including phenoxy) is 1. The molecule has 1 rings (SSSR count). The van der Waals surface area contributed by atoms with Crippen LogP contribution in [0.3, 0.4) is 0 Å². The van der Waals surface area contributed by atoms with Gasteiger partial charge in [-0.15, -0.1) is 0 Å². The van der Waals surface area contributed by atoms with Crippen LogP contribution >= 0.6 is 0 Å². The molecule has 0 saturated heterocycles. The molecule has 0 radical (unpaired) electrons. The molecule has 1 atom stereocenters. The molecule has 0 aliphatic heterocycles. The monoisotopic (exact) mass is 308 g/mol. The van der Waals surface area contributed by atoms with Gasteiger partial charge in [-0.25, -0.2) is 9.86 Å². The average Bonchev–Trinajstić information content (AvgIpc) is 2.44. The topological polar surface area (TPSA) is 67.9 Å². The van der Waals surface area contributed by atoms with Crippen molar-refractivity contribution < 1.29 is 19.2 Å². The highest BCUT2D eigenvalue weighted by molar-refractivity contribution is 5.85. The molecule has 22 heavy (non-hydrogen) atoms. The summed E-state index contributed by atoms with van der Waals surface area (Å²) in [6.45, 7) is 5.30. The molecule has 6 heteroatoms. The maximum absolute atomic E-state index is 12.3. The molecule has 122 valence electrons. The Morgan fingerprint density at radius 2 is 1.82 bits per heavy atom. The predicted molar refractivity (Wildman–Crippen MR) is 83.1 cm³/mol. The summed E-state index contributed by atoms with van der Waals surface area (Å²) in [6.07, 6.45) is -0.279. The third-order valence-corrected chi connectivity index (χ3v) is 2.86. The molecular weight excluding hydrogens is 284 g/mol. The van der Waals surface area contributed by atoms with E-state index in [2.05, 4.69) is 5.32 Å². The van der Waals surface area contributed by atoms with Crippen molar-refractivity contribution in [1.29, 1.82) is 0 Å². The molecule has 0 aliphatic rings. The molecule has 0 fully saturated rings. The average molecular weight is 308 g/mol. The first-order valence-corrected chi connectivity index (χ1v) is 7.08. The zero-order valence-corrected chi connectivity index (χ0v) is 13.8. The Morgan fingerprint density at radius 1 is 1.23 bits per heavy atom. The minimum Gasteiger partial charge on any atom is -0.444 e. The molecule has 0 unspecified atom stereocenters. The summed E-state index contributed by atoms with van der Waals surface area (Å²) in [5.74, 6) is -0.350. The van der Waals surface area contributed by atoms with Crippen LogP contribution in [0.15, 0.2) is 30.3 Å². The van der Waals surface area contributed by atoms with Gasteiger partial charge in [-0.3, -0.25) is 9.63 Å². The molecular formula is C16H24N2O4. The van der Waals surface area contributed by atoms with E-state index >= 15 is 0 Å². The van der Waals surface area contributed by atoms with Gasteiger partial charge >= 0.3 is 6.09 Å². The number of hydrogen-bond acceptors (Lipinski definition) is 4. The highest BCUT2D eigenvalue weighted by Gasteiger charge is 2.27. The lowest BCUT2D eigenvalue weighted by Gasteiger charge is -2.25. The van der Waals surface area contributed by atoms with Crippen molar-refractivity contribution in [2.75, 3.05) is 14.2 Å². The Bertz CT molecular complexity index is 497. The lowest BCUT2D eigenvalue weighted by molar-refractivity contribution is -0.171. The molecule has 0 spiro atoms. The molecule has 1 aromatic rings. The molecule has 0 saturated carbocycles. The molecule has 6 nitrogen and oxygen atoms in total. The van der Waals surface area contributed by atoms with Crippen molar-refractivity contribution >= 4 is 12.0 Å². The van der Waals surface area contributed by atoms with Gasteiger partial charge in [0.25, 0.3) is 5.91 Å². The van der Waals surface area contributed by atoms with Crippen LogP contribution in [0.1, 0.15) is 26.3 Å². The van der Waals surface area contributed by atoms with Crippen LogP contribution in [0.4, 0.5) is 4.79 Å². The summed E-state index contributed by atoms with van der Waals surface area (Å²) in [7, 11) is 2.89. The number of carbonyl (C=O) groups is 2. The third-order valence-electron chi connectivity index (χ3n) is 2.86. The summed E-state index contributed by atoms with van der Waals surface area (Å²) < 4.78 is 5.21. The van der Waals surface area contributed by atoms with Gasteiger partial charge in [0, 0.05) is 13.5 Å². The van der Waals surface area contributed by atoms with Gasteiger partial charge in [0.1, 0.15) is 11.6 Å². The van der Waals surface area contributed by atoms with Crippen LogP contribution in [0.5, 0.6) is 0 Å². The second-order valence-corrected chi connectivity index (χ2v) is 5.91. The second kappa shape index (κ2) is 7.79. The number of hydroxylamine groups is 2. The van der Waals surface area contributed by atoms with E-state index in [1.54, 1.807) is 20.8 Å². The lowest BCUT2D eigenvalue weighted by Crippen LogP contribution is -2.49. The minimum atomic E-state index is -0.762. The summed E-state index contributed by atoms with van der Waals surface area (Å²) in [5, 5.41) is 3.69. The first kappa shape index (κ1) is 18.0. The largest absolute Gasteiger partial charge is 0.444 e. The Kier molecular flexibility index (Phi) is 6.37.